The highest BCUT2D eigenvalue weighted by Gasteiger charge is 2.42. The summed E-state index contributed by atoms with van der Waals surface area (Å²) < 4.78 is 0. The molecule has 1 unspecified atom stereocenters. The van der Waals surface area contributed by atoms with Crippen molar-refractivity contribution in [1.82, 2.24) is 4.90 Å². The molecule has 0 aromatic rings. The van der Waals surface area contributed by atoms with Crippen LogP contribution in [-0.2, 0) is 4.79 Å². The van der Waals surface area contributed by atoms with Gasteiger partial charge in [-0.3, -0.25) is 4.79 Å². The van der Waals surface area contributed by atoms with Crippen molar-refractivity contribution in [1.29, 1.82) is 0 Å². The van der Waals surface area contributed by atoms with Crippen molar-refractivity contribution in [3.8, 4) is 0 Å². The molecule has 0 aromatic heterocycles. The maximum Gasteiger partial charge on any atom is 0.175 e. The Kier molecular flexibility index (Phi) is 3.63. The summed E-state index contributed by atoms with van der Waals surface area (Å²) in [5.74, 6) is 0.117. The zero-order chi connectivity index (χ0) is 13.4. The van der Waals surface area contributed by atoms with Gasteiger partial charge in [-0.15, -0.1) is 0 Å². The molecule has 0 fully saturated rings. The van der Waals surface area contributed by atoms with Crippen LogP contribution in [0.4, 0.5) is 0 Å². The molecule has 0 bridgehead atoms. The number of allylic oxidation sites excluding steroid dienone is 3. The first-order valence-corrected chi connectivity index (χ1v) is 6.18. The molecular weight excluding hydrogens is 230 g/mol. The third-order valence-corrected chi connectivity index (χ3v) is 3.86. The lowest BCUT2D eigenvalue weighted by atomic mass is 9.71. The predicted octanol–water partition coefficient (Wildman–Crippen LogP) is 2.99. The zero-order valence-electron chi connectivity index (χ0n) is 11.5. The number of carbonyl (C=O) groups excluding carboxylic acids is 1. The van der Waals surface area contributed by atoms with Crippen LogP contribution in [0, 0.1) is 10.8 Å². The van der Waals surface area contributed by atoms with Gasteiger partial charge in [-0.2, -0.15) is 0 Å². The average molecular weight is 251 g/mol. The summed E-state index contributed by atoms with van der Waals surface area (Å²) in [5, 5.41) is 0. The SMILES string of the molecule is CN(C)C(=S)C1(C)C=CC=C(C(C)(C)C)C1=O. The Morgan fingerprint density at radius 1 is 1.35 bits per heavy atom. The minimum atomic E-state index is -0.684. The van der Waals surface area contributed by atoms with Crippen molar-refractivity contribution >= 4 is 23.0 Å². The van der Waals surface area contributed by atoms with E-state index in [1.54, 1.807) is 0 Å². The summed E-state index contributed by atoms with van der Waals surface area (Å²) in [6.07, 6.45) is 5.74. The van der Waals surface area contributed by atoms with Crippen molar-refractivity contribution in [2.75, 3.05) is 14.1 Å². The molecule has 0 saturated carbocycles. The molecule has 2 nitrogen and oxygen atoms in total. The number of hydrogen-bond acceptors (Lipinski definition) is 2. The molecule has 0 aliphatic heterocycles. The van der Waals surface area contributed by atoms with Gasteiger partial charge in [0.15, 0.2) is 5.78 Å². The fourth-order valence-electron chi connectivity index (χ4n) is 1.99. The van der Waals surface area contributed by atoms with Crippen LogP contribution >= 0.6 is 12.2 Å². The molecule has 0 amide bonds. The molecule has 0 N–H and O–H groups in total. The number of thiocarbonyl (C=S) groups is 1. The molecule has 1 rings (SSSR count). The first kappa shape index (κ1) is 14.1. The van der Waals surface area contributed by atoms with Crippen LogP contribution in [0.25, 0.3) is 0 Å². The first-order valence-electron chi connectivity index (χ1n) is 5.77. The monoisotopic (exact) mass is 251 g/mol. The van der Waals surface area contributed by atoms with Gasteiger partial charge < -0.3 is 4.90 Å². The van der Waals surface area contributed by atoms with Gasteiger partial charge in [0, 0.05) is 19.7 Å². The lowest BCUT2D eigenvalue weighted by molar-refractivity contribution is -0.120. The highest BCUT2D eigenvalue weighted by atomic mass is 32.1. The summed E-state index contributed by atoms with van der Waals surface area (Å²) in [5.41, 5.74) is 0.00742. The third kappa shape index (κ3) is 2.49. The van der Waals surface area contributed by atoms with Gasteiger partial charge in [0.25, 0.3) is 0 Å². The van der Waals surface area contributed by atoms with E-state index in [0.717, 1.165) is 5.57 Å². The third-order valence-electron chi connectivity index (χ3n) is 3.07. The Balaban J connectivity index is 3.19. The first-order chi connectivity index (χ1) is 7.60. The zero-order valence-corrected chi connectivity index (χ0v) is 12.3. The smallest absolute Gasteiger partial charge is 0.175 e. The number of Topliss-reactive ketones (excluding diaryl/α,β-unsaturated/α-hetero) is 1. The van der Waals surface area contributed by atoms with Crippen LogP contribution in [0.3, 0.4) is 0 Å². The van der Waals surface area contributed by atoms with Gasteiger partial charge in [0.05, 0.1) is 10.4 Å². The summed E-state index contributed by atoms with van der Waals surface area (Å²) >= 11 is 5.39. The Bertz CT molecular complexity index is 412. The highest BCUT2D eigenvalue weighted by molar-refractivity contribution is 7.80. The Hall–Kier alpha value is -0.960. The second-order valence-corrected chi connectivity index (χ2v) is 6.31. The molecule has 94 valence electrons. The van der Waals surface area contributed by atoms with Crippen molar-refractivity contribution < 1.29 is 4.79 Å². The predicted molar refractivity (Wildman–Crippen MR) is 76.1 cm³/mol. The summed E-state index contributed by atoms with van der Waals surface area (Å²) in [6.45, 7) is 8.05. The van der Waals surface area contributed by atoms with Crippen LogP contribution in [0.1, 0.15) is 27.7 Å². The van der Waals surface area contributed by atoms with Crippen molar-refractivity contribution in [3.05, 3.63) is 23.8 Å². The van der Waals surface area contributed by atoms with E-state index < -0.39 is 5.41 Å². The quantitative estimate of drug-likeness (QED) is 0.668. The van der Waals surface area contributed by atoms with Gasteiger partial charge in [0.2, 0.25) is 0 Å². The topological polar surface area (TPSA) is 20.3 Å². The number of nitrogens with zero attached hydrogens (tertiary/aromatic N) is 1. The molecule has 1 atom stereocenters. The number of ketones is 1. The number of carbonyl (C=O) groups is 1. The van der Waals surface area contributed by atoms with Gasteiger partial charge in [-0.25, -0.2) is 0 Å². The molecule has 1 aliphatic rings. The van der Waals surface area contributed by atoms with Crippen LogP contribution < -0.4 is 0 Å². The normalized spacial score (nSPS) is 24.6. The number of rotatable bonds is 1. The molecule has 0 radical (unpaired) electrons. The van der Waals surface area contributed by atoms with Gasteiger partial charge in [0.1, 0.15) is 0 Å². The van der Waals surface area contributed by atoms with Crippen molar-refractivity contribution in [2.24, 2.45) is 10.8 Å². The van der Waals surface area contributed by atoms with Crippen LogP contribution in [0.5, 0.6) is 0 Å². The highest BCUT2D eigenvalue weighted by Crippen LogP contribution is 2.37. The van der Waals surface area contributed by atoms with Crippen molar-refractivity contribution in [3.63, 3.8) is 0 Å². The minimum absolute atomic E-state index is 0.117. The van der Waals surface area contributed by atoms with Gasteiger partial charge in [-0.1, -0.05) is 51.2 Å². The fourth-order valence-corrected chi connectivity index (χ4v) is 2.15. The second kappa shape index (κ2) is 4.37. The molecule has 0 aromatic carbocycles. The summed E-state index contributed by atoms with van der Waals surface area (Å²) in [6, 6.07) is 0. The Morgan fingerprint density at radius 2 is 1.88 bits per heavy atom. The van der Waals surface area contributed by atoms with E-state index in [0.29, 0.717) is 4.99 Å². The molecule has 0 saturated heterocycles. The molecule has 0 spiro atoms. The van der Waals surface area contributed by atoms with Crippen molar-refractivity contribution in [2.45, 2.75) is 27.7 Å². The second-order valence-electron chi connectivity index (χ2n) is 5.92. The Labute approximate surface area is 109 Å². The van der Waals surface area contributed by atoms with E-state index >= 15 is 0 Å². The van der Waals surface area contributed by atoms with Crippen LogP contribution in [0.2, 0.25) is 0 Å². The molecule has 0 heterocycles. The van der Waals surface area contributed by atoms with Crippen LogP contribution in [-0.4, -0.2) is 29.8 Å². The summed E-state index contributed by atoms with van der Waals surface area (Å²) in [7, 11) is 3.76. The van der Waals surface area contributed by atoms with Crippen LogP contribution in [0.15, 0.2) is 23.8 Å². The van der Waals surface area contributed by atoms with E-state index in [2.05, 4.69) is 20.8 Å². The average Bonchev–Trinajstić information content (AvgIpc) is 2.19. The van der Waals surface area contributed by atoms with E-state index in [9.17, 15) is 4.79 Å². The summed E-state index contributed by atoms with van der Waals surface area (Å²) in [4.78, 5) is 15.1. The lowest BCUT2D eigenvalue weighted by Crippen LogP contribution is -2.44. The Morgan fingerprint density at radius 3 is 2.29 bits per heavy atom. The van der Waals surface area contributed by atoms with Gasteiger partial charge >= 0.3 is 0 Å². The molecule has 3 heteroatoms. The molecule has 1 aliphatic carbocycles. The van der Waals surface area contributed by atoms with Gasteiger partial charge in [-0.05, 0) is 12.3 Å². The maximum absolute atomic E-state index is 12.6. The molecule has 17 heavy (non-hydrogen) atoms. The van der Waals surface area contributed by atoms with E-state index in [1.807, 2.05) is 44.1 Å². The lowest BCUT2D eigenvalue weighted by Gasteiger charge is -2.36. The number of hydrogen-bond donors (Lipinski definition) is 0. The van der Waals surface area contributed by atoms with E-state index in [-0.39, 0.29) is 11.2 Å². The maximum atomic E-state index is 12.6. The fraction of sp³-hybridized carbons (Fsp3) is 0.571. The standard InChI is InChI=1S/C14H21NOS/c1-13(2,3)10-8-7-9-14(4,11(10)16)12(17)15(5)6/h7-9H,1-6H3. The largest absolute Gasteiger partial charge is 0.371 e. The minimum Gasteiger partial charge on any atom is -0.371 e. The molecular formula is C14H21NOS. The van der Waals surface area contributed by atoms with E-state index in [4.69, 9.17) is 12.2 Å². The van der Waals surface area contributed by atoms with E-state index in [1.165, 1.54) is 0 Å².